The van der Waals surface area contributed by atoms with Crippen molar-refractivity contribution < 1.29 is 23.8 Å². The van der Waals surface area contributed by atoms with E-state index in [0.29, 0.717) is 46.2 Å². The van der Waals surface area contributed by atoms with Crippen LogP contribution in [-0.4, -0.2) is 32.1 Å². The van der Waals surface area contributed by atoms with Crippen molar-refractivity contribution in [2.24, 2.45) is 0 Å². The van der Waals surface area contributed by atoms with Crippen LogP contribution in [0.15, 0.2) is 101 Å². The molecule has 2 aliphatic rings. The number of hydrogen-bond acceptors (Lipinski definition) is 6. The molecule has 0 amide bonds. The first kappa shape index (κ1) is 26.6. The van der Waals surface area contributed by atoms with E-state index in [0.717, 1.165) is 16.8 Å². The number of dihydropyridines is 1. The molecule has 1 heterocycles. The van der Waals surface area contributed by atoms with Gasteiger partial charge in [0.25, 0.3) is 0 Å². The highest BCUT2D eigenvalue weighted by atomic mass is 35.5. The third-order valence-corrected chi connectivity index (χ3v) is 7.40. The second-order valence-corrected chi connectivity index (χ2v) is 10.1. The number of nitrogens with one attached hydrogen (secondary N) is 1. The molecule has 6 nitrogen and oxygen atoms in total. The van der Waals surface area contributed by atoms with Gasteiger partial charge in [-0.05, 0) is 66.8 Å². The number of rotatable bonds is 8. The summed E-state index contributed by atoms with van der Waals surface area (Å²) in [6.07, 6.45) is 0.989. The van der Waals surface area contributed by atoms with Gasteiger partial charge in [0.05, 0.1) is 12.7 Å². The molecule has 2 unspecified atom stereocenters. The molecular formula is C32H30ClNO5. The van der Waals surface area contributed by atoms with Crippen molar-refractivity contribution >= 4 is 23.4 Å². The van der Waals surface area contributed by atoms with E-state index in [1.54, 1.807) is 7.11 Å². The summed E-state index contributed by atoms with van der Waals surface area (Å²) in [5, 5.41) is 4.04. The van der Waals surface area contributed by atoms with Crippen LogP contribution in [0.5, 0.6) is 11.5 Å². The van der Waals surface area contributed by atoms with Crippen LogP contribution in [-0.2, 0) is 14.3 Å². The first-order valence-corrected chi connectivity index (χ1v) is 13.3. The molecule has 0 fully saturated rings. The smallest absolute Gasteiger partial charge is 0.336 e. The monoisotopic (exact) mass is 543 g/mol. The Morgan fingerprint density at radius 1 is 0.923 bits per heavy atom. The summed E-state index contributed by atoms with van der Waals surface area (Å²) in [5.41, 5.74) is 4.38. The highest BCUT2D eigenvalue weighted by Crippen LogP contribution is 2.46. The zero-order valence-electron chi connectivity index (χ0n) is 21.9. The van der Waals surface area contributed by atoms with Crippen LogP contribution in [0.1, 0.15) is 42.7 Å². The average Bonchev–Trinajstić information content (AvgIpc) is 2.95. The van der Waals surface area contributed by atoms with E-state index in [1.165, 1.54) is 0 Å². The maximum absolute atomic E-state index is 13.8. The standard InChI is InChI=1S/C32H30ClNO5/c1-20-29(32(36)39-16-15-38-25-8-4-3-5-9-25)30(22-7-6-10-26(17-22)37-2)31-27(34-20)18-23(19-28(31)35)21-11-13-24(33)14-12-21/h3-14,17,23,30,34H,15-16,18-19H2,1-2H3. The van der Waals surface area contributed by atoms with Crippen molar-refractivity contribution in [3.63, 3.8) is 0 Å². The Morgan fingerprint density at radius 2 is 1.67 bits per heavy atom. The van der Waals surface area contributed by atoms with Gasteiger partial charge in [0, 0.05) is 34.3 Å². The maximum Gasteiger partial charge on any atom is 0.336 e. The lowest BCUT2D eigenvalue weighted by Gasteiger charge is -2.36. The maximum atomic E-state index is 13.8. The average molecular weight is 544 g/mol. The van der Waals surface area contributed by atoms with Gasteiger partial charge in [-0.3, -0.25) is 4.79 Å². The van der Waals surface area contributed by atoms with Crippen molar-refractivity contribution in [2.45, 2.75) is 31.6 Å². The van der Waals surface area contributed by atoms with Crippen LogP contribution in [0, 0.1) is 0 Å². The van der Waals surface area contributed by atoms with Gasteiger partial charge in [-0.1, -0.05) is 54.1 Å². The number of Topliss-reactive ketones (excluding diaryl/α,β-unsaturated/α-hetero) is 1. The van der Waals surface area contributed by atoms with Crippen LogP contribution >= 0.6 is 11.6 Å². The van der Waals surface area contributed by atoms with E-state index in [9.17, 15) is 9.59 Å². The van der Waals surface area contributed by atoms with Crippen molar-refractivity contribution in [1.82, 2.24) is 5.32 Å². The van der Waals surface area contributed by atoms with Gasteiger partial charge in [-0.25, -0.2) is 4.79 Å². The fourth-order valence-corrected chi connectivity index (χ4v) is 5.45. The molecule has 200 valence electrons. The minimum Gasteiger partial charge on any atom is -0.497 e. The number of halogens is 1. The fourth-order valence-electron chi connectivity index (χ4n) is 5.32. The summed E-state index contributed by atoms with van der Waals surface area (Å²) in [7, 11) is 1.59. The molecule has 7 heteroatoms. The lowest BCUT2D eigenvalue weighted by atomic mass is 9.71. The van der Waals surface area contributed by atoms with E-state index >= 15 is 0 Å². The Morgan fingerprint density at radius 3 is 2.41 bits per heavy atom. The molecule has 0 saturated carbocycles. The zero-order valence-corrected chi connectivity index (χ0v) is 22.7. The van der Waals surface area contributed by atoms with Crippen molar-refractivity contribution in [3.8, 4) is 11.5 Å². The van der Waals surface area contributed by atoms with Gasteiger partial charge in [0.15, 0.2) is 5.78 Å². The third kappa shape index (κ3) is 5.86. The molecule has 0 saturated heterocycles. The number of para-hydroxylation sites is 1. The third-order valence-electron chi connectivity index (χ3n) is 7.14. The van der Waals surface area contributed by atoms with Crippen LogP contribution in [0.25, 0.3) is 0 Å². The molecule has 5 rings (SSSR count). The molecule has 0 bridgehead atoms. The Balaban J connectivity index is 1.43. The number of carbonyl (C=O) groups is 2. The highest BCUT2D eigenvalue weighted by molar-refractivity contribution is 6.30. The molecule has 0 aromatic heterocycles. The summed E-state index contributed by atoms with van der Waals surface area (Å²) >= 11 is 6.09. The molecule has 1 N–H and O–H groups in total. The molecule has 1 aliphatic carbocycles. The Labute approximate surface area is 233 Å². The Bertz CT molecular complexity index is 1430. The summed E-state index contributed by atoms with van der Waals surface area (Å²) in [6.45, 7) is 2.15. The van der Waals surface area contributed by atoms with Gasteiger partial charge in [-0.15, -0.1) is 0 Å². The predicted molar refractivity (Wildman–Crippen MR) is 150 cm³/mol. The van der Waals surface area contributed by atoms with Crippen LogP contribution in [0.4, 0.5) is 0 Å². The zero-order chi connectivity index (χ0) is 27.4. The first-order valence-electron chi connectivity index (χ1n) is 12.9. The summed E-state index contributed by atoms with van der Waals surface area (Å²) in [5.74, 6) is 0.318. The van der Waals surface area contributed by atoms with E-state index in [-0.39, 0.29) is 24.9 Å². The molecule has 1 aliphatic heterocycles. The topological polar surface area (TPSA) is 73.9 Å². The van der Waals surface area contributed by atoms with Gasteiger partial charge >= 0.3 is 5.97 Å². The predicted octanol–water partition coefficient (Wildman–Crippen LogP) is 6.33. The van der Waals surface area contributed by atoms with Gasteiger partial charge in [0.2, 0.25) is 0 Å². The SMILES string of the molecule is COc1cccc(C2C(C(=O)OCCOc3ccccc3)=C(C)NC3=C2C(=O)CC(c2ccc(Cl)cc2)C3)c1. The molecule has 39 heavy (non-hydrogen) atoms. The molecule has 0 spiro atoms. The van der Waals surface area contributed by atoms with Crippen LogP contribution in [0.3, 0.4) is 0 Å². The van der Waals surface area contributed by atoms with Crippen molar-refractivity contribution in [3.05, 3.63) is 118 Å². The number of allylic oxidation sites excluding steroid dienone is 3. The fraction of sp³-hybridized carbons (Fsp3) is 0.250. The van der Waals surface area contributed by atoms with E-state index < -0.39 is 11.9 Å². The quantitative estimate of drug-likeness (QED) is 0.264. The number of carbonyl (C=O) groups excluding carboxylic acids is 2. The summed E-state index contributed by atoms with van der Waals surface area (Å²) in [6, 6.07) is 24.5. The highest BCUT2D eigenvalue weighted by Gasteiger charge is 2.41. The number of esters is 1. The Kier molecular flexibility index (Phi) is 8.03. The minimum absolute atomic E-state index is 0.00160. The lowest BCUT2D eigenvalue weighted by molar-refractivity contribution is -0.140. The largest absolute Gasteiger partial charge is 0.497 e. The number of ether oxygens (including phenoxy) is 3. The normalized spacial score (nSPS) is 18.8. The van der Waals surface area contributed by atoms with Gasteiger partial charge in [-0.2, -0.15) is 0 Å². The molecule has 2 atom stereocenters. The molecule has 3 aromatic carbocycles. The summed E-state index contributed by atoms with van der Waals surface area (Å²) in [4.78, 5) is 27.3. The number of ketones is 1. The number of methoxy groups -OCH3 is 1. The van der Waals surface area contributed by atoms with E-state index in [1.807, 2.05) is 85.8 Å². The summed E-state index contributed by atoms with van der Waals surface area (Å²) < 4.78 is 16.8. The van der Waals surface area contributed by atoms with Crippen molar-refractivity contribution in [1.29, 1.82) is 0 Å². The molecule has 0 radical (unpaired) electrons. The first-order chi connectivity index (χ1) is 18.9. The van der Waals surface area contributed by atoms with E-state index in [4.69, 9.17) is 25.8 Å². The van der Waals surface area contributed by atoms with Crippen molar-refractivity contribution in [2.75, 3.05) is 20.3 Å². The lowest BCUT2D eigenvalue weighted by Crippen LogP contribution is -2.36. The van der Waals surface area contributed by atoms with Crippen LogP contribution in [0.2, 0.25) is 5.02 Å². The van der Waals surface area contributed by atoms with Gasteiger partial charge in [0.1, 0.15) is 24.7 Å². The van der Waals surface area contributed by atoms with Gasteiger partial charge < -0.3 is 19.5 Å². The molecule has 3 aromatic rings. The number of benzene rings is 3. The Hall–Kier alpha value is -4.03. The second kappa shape index (κ2) is 11.8. The number of hydrogen-bond donors (Lipinski definition) is 1. The van der Waals surface area contributed by atoms with E-state index in [2.05, 4.69) is 5.32 Å². The molecular weight excluding hydrogens is 514 g/mol. The second-order valence-electron chi connectivity index (χ2n) is 9.64. The van der Waals surface area contributed by atoms with Crippen LogP contribution < -0.4 is 14.8 Å². The minimum atomic E-state index is -0.572.